The monoisotopic (exact) mass is 443 g/mol. The van der Waals surface area contributed by atoms with Gasteiger partial charge >= 0.3 is 0 Å². The first-order valence-corrected chi connectivity index (χ1v) is 6.51. The van der Waals surface area contributed by atoms with Crippen LogP contribution in [0.4, 0.5) is 0 Å². The van der Waals surface area contributed by atoms with Gasteiger partial charge in [-0.2, -0.15) is 6.54 Å². The fourth-order valence-corrected chi connectivity index (χ4v) is 2.32. The van der Waals surface area contributed by atoms with Gasteiger partial charge in [-0.1, -0.05) is 6.34 Å². The summed E-state index contributed by atoms with van der Waals surface area (Å²) in [7, 11) is 0. The molecule has 2 aliphatic heterocycles. The van der Waals surface area contributed by atoms with Crippen molar-refractivity contribution in [2.24, 2.45) is 10.9 Å². The van der Waals surface area contributed by atoms with Gasteiger partial charge in [0, 0.05) is 77.9 Å². The summed E-state index contributed by atoms with van der Waals surface area (Å²) in [6.45, 7) is 5.90. The molecule has 3 unspecified atom stereocenters. The van der Waals surface area contributed by atoms with Gasteiger partial charge in [-0.3, -0.25) is 9.59 Å². The SMILES string of the molecule is [CH2-]C1[CH-]N=CN(CC(=O)CC2NCCCC2O)C1=O.[Y].[Y]. The number of aliphatic hydroxyl groups excluding tert-OH is 1. The second-order valence-corrected chi connectivity index (χ2v) is 5.00. The van der Waals surface area contributed by atoms with E-state index in [0.29, 0.717) is 6.42 Å². The van der Waals surface area contributed by atoms with Gasteiger partial charge in [0.25, 0.3) is 0 Å². The van der Waals surface area contributed by atoms with Crippen molar-refractivity contribution >= 4 is 18.0 Å². The minimum absolute atomic E-state index is 0. The summed E-state index contributed by atoms with van der Waals surface area (Å²) < 4.78 is 0. The Kier molecular flexibility index (Phi) is 11.0. The third-order valence-electron chi connectivity index (χ3n) is 3.41. The molecule has 0 saturated carbocycles. The van der Waals surface area contributed by atoms with Crippen molar-refractivity contribution in [3.8, 4) is 0 Å². The Morgan fingerprint density at radius 1 is 1.57 bits per heavy atom. The van der Waals surface area contributed by atoms with Crippen LogP contribution < -0.4 is 5.32 Å². The molecule has 0 aliphatic carbocycles. The second kappa shape index (κ2) is 10.6. The standard InChI is InChI=1S/C13H19N3O3.2Y/c1-9-6-14-8-16(13(9)19)7-10(17)5-11-12(18)3-2-4-15-11;;/h6,8-9,11-12,15,18H,1-5,7H2;;/q-2;;. The van der Waals surface area contributed by atoms with Crippen molar-refractivity contribution in [1.82, 2.24) is 10.2 Å². The van der Waals surface area contributed by atoms with Gasteiger partial charge in [-0.25, -0.2) is 0 Å². The first kappa shape index (κ1) is 21.8. The first-order chi connectivity index (χ1) is 9.08. The van der Waals surface area contributed by atoms with Crippen molar-refractivity contribution in [3.05, 3.63) is 13.5 Å². The van der Waals surface area contributed by atoms with Gasteiger partial charge in [-0.05, 0) is 19.4 Å². The largest absolute Gasteiger partial charge is 0.440 e. The molecule has 2 rings (SSSR count). The first-order valence-electron chi connectivity index (χ1n) is 6.51. The Labute approximate surface area is 175 Å². The molecule has 0 bridgehead atoms. The summed E-state index contributed by atoms with van der Waals surface area (Å²) in [5.41, 5.74) is 0. The summed E-state index contributed by atoms with van der Waals surface area (Å²) >= 11 is 0. The van der Waals surface area contributed by atoms with Gasteiger partial charge in [0.2, 0.25) is 0 Å². The molecule has 2 heterocycles. The predicted octanol–water partition coefficient (Wildman–Crippen LogP) is -0.464. The molecule has 8 heteroatoms. The van der Waals surface area contributed by atoms with E-state index in [0.717, 1.165) is 13.0 Å². The molecule has 1 saturated heterocycles. The summed E-state index contributed by atoms with van der Waals surface area (Å²) in [4.78, 5) is 28.8. The van der Waals surface area contributed by atoms with E-state index in [2.05, 4.69) is 17.2 Å². The van der Waals surface area contributed by atoms with E-state index < -0.39 is 12.0 Å². The normalized spacial score (nSPS) is 28.2. The van der Waals surface area contributed by atoms with Crippen LogP contribution in [0.15, 0.2) is 4.99 Å². The Hall–Kier alpha value is 0.808. The van der Waals surface area contributed by atoms with E-state index in [-0.39, 0.29) is 96.1 Å². The minimum atomic E-state index is -0.531. The third kappa shape index (κ3) is 6.44. The van der Waals surface area contributed by atoms with Crippen LogP contribution in [0.1, 0.15) is 19.3 Å². The number of piperidine rings is 1. The topological polar surface area (TPSA) is 82.0 Å². The van der Waals surface area contributed by atoms with Gasteiger partial charge in [0.1, 0.15) is 0 Å². The van der Waals surface area contributed by atoms with Gasteiger partial charge in [0.05, 0.1) is 12.6 Å². The van der Waals surface area contributed by atoms with Gasteiger partial charge < -0.3 is 27.2 Å². The fraction of sp³-hybridized carbons (Fsp3) is 0.615. The number of hydrogen-bond acceptors (Lipinski definition) is 5. The zero-order chi connectivity index (χ0) is 13.8. The maximum absolute atomic E-state index is 11.9. The number of carbonyl (C=O) groups excluding carboxylic acids is 2. The number of aliphatic hydroxyl groups is 1. The molecule has 21 heavy (non-hydrogen) atoms. The van der Waals surface area contributed by atoms with Crippen LogP contribution in [0.3, 0.4) is 0 Å². The number of aliphatic imine (C=N–C) groups is 1. The molecule has 2 radical (unpaired) electrons. The smallest absolute Gasteiger partial charge is 0.173 e. The Morgan fingerprint density at radius 2 is 2.29 bits per heavy atom. The summed E-state index contributed by atoms with van der Waals surface area (Å²) in [6, 6.07) is -0.208. The number of ketones is 1. The summed E-state index contributed by atoms with van der Waals surface area (Å²) in [5, 5.41) is 12.9. The maximum atomic E-state index is 11.9. The number of nitrogens with zero attached hydrogens (tertiary/aromatic N) is 2. The summed E-state index contributed by atoms with van der Waals surface area (Å²) in [5.74, 6) is -0.843. The minimum Gasteiger partial charge on any atom is -0.440 e. The maximum Gasteiger partial charge on any atom is 0.173 e. The zero-order valence-corrected chi connectivity index (χ0v) is 17.6. The zero-order valence-electron chi connectivity index (χ0n) is 11.9. The van der Waals surface area contributed by atoms with Crippen LogP contribution in [-0.2, 0) is 75.0 Å². The molecule has 0 aromatic carbocycles. The molecular weight excluding hydrogens is 424 g/mol. The average Bonchev–Trinajstić information content (AvgIpc) is 2.38. The van der Waals surface area contributed by atoms with Crippen LogP contribution in [0.25, 0.3) is 0 Å². The molecule has 1 amide bonds. The van der Waals surface area contributed by atoms with Crippen molar-refractivity contribution < 1.29 is 80.1 Å². The number of nitrogens with one attached hydrogen (secondary N) is 1. The molecule has 2 N–H and O–H groups in total. The predicted molar refractivity (Wildman–Crippen MR) is 70.0 cm³/mol. The number of carbonyl (C=O) groups is 2. The number of amides is 1. The molecule has 2 aliphatic rings. The van der Waals surface area contributed by atoms with E-state index >= 15 is 0 Å². The molecule has 0 aromatic heterocycles. The molecule has 0 spiro atoms. The molecular formula is C13H19N3O3Y2-2. The third-order valence-corrected chi connectivity index (χ3v) is 3.41. The van der Waals surface area contributed by atoms with Crippen LogP contribution in [0.5, 0.6) is 0 Å². The molecule has 6 nitrogen and oxygen atoms in total. The van der Waals surface area contributed by atoms with Gasteiger partial charge in [0.15, 0.2) is 11.7 Å². The molecule has 112 valence electrons. The van der Waals surface area contributed by atoms with Crippen molar-refractivity contribution in [2.45, 2.75) is 31.4 Å². The molecule has 1 fully saturated rings. The van der Waals surface area contributed by atoms with Crippen LogP contribution >= 0.6 is 0 Å². The Bertz CT molecular complexity index is 393. The van der Waals surface area contributed by atoms with E-state index in [4.69, 9.17) is 0 Å². The average molecular weight is 443 g/mol. The number of hydrogen-bond donors (Lipinski definition) is 2. The van der Waals surface area contributed by atoms with Crippen molar-refractivity contribution in [1.29, 1.82) is 0 Å². The molecule has 3 atom stereocenters. The van der Waals surface area contributed by atoms with E-state index in [1.54, 1.807) is 0 Å². The van der Waals surface area contributed by atoms with E-state index in [9.17, 15) is 14.7 Å². The Balaban J connectivity index is 0.00000200. The van der Waals surface area contributed by atoms with Crippen molar-refractivity contribution in [3.63, 3.8) is 0 Å². The van der Waals surface area contributed by atoms with Crippen molar-refractivity contribution in [2.75, 3.05) is 13.1 Å². The molecule has 0 aromatic rings. The number of Topliss-reactive ketones (excluding diaryl/α,β-unsaturated/α-hetero) is 1. The van der Waals surface area contributed by atoms with Crippen LogP contribution in [-0.4, -0.2) is 53.3 Å². The van der Waals surface area contributed by atoms with Crippen LogP contribution in [0, 0.1) is 19.4 Å². The number of rotatable bonds is 4. The van der Waals surface area contributed by atoms with Crippen LogP contribution in [0.2, 0.25) is 0 Å². The van der Waals surface area contributed by atoms with E-state index in [1.807, 2.05) is 0 Å². The Morgan fingerprint density at radius 3 is 2.95 bits per heavy atom. The fourth-order valence-electron chi connectivity index (χ4n) is 2.32. The second-order valence-electron chi connectivity index (χ2n) is 5.00. The summed E-state index contributed by atoms with van der Waals surface area (Å²) in [6.07, 6.45) is 2.72. The van der Waals surface area contributed by atoms with E-state index in [1.165, 1.54) is 17.8 Å². The quantitative estimate of drug-likeness (QED) is 0.577. The van der Waals surface area contributed by atoms with Gasteiger partial charge in [-0.15, -0.1) is 5.92 Å².